The van der Waals surface area contributed by atoms with Crippen LogP contribution in [0, 0.1) is 6.92 Å². The lowest BCUT2D eigenvalue weighted by molar-refractivity contribution is -0.119. The van der Waals surface area contributed by atoms with Crippen LogP contribution in [0.4, 0.5) is 0 Å². The van der Waals surface area contributed by atoms with Gasteiger partial charge in [-0.25, -0.2) is 4.98 Å². The Balaban J connectivity index is 1.70. The second-order valence-electron chi connectivity index (χ2n) is 7.32. The molecule has 150 valence electrons. The van der Waals surface area contributed by atoms with E-state index in [1.54, 1.807) is 16.7 Å². The number of amides is 1. The van der Waals surface area contributed by atoms with Crippen molar-refractivity contribution in [3.63, 3.8) is 0 Å². The van der Waals surface area contributed by atoms with Crippen molar-refractivity contribution in [2.24, 2.45) is 0 Å². The van der Waals surface area contributed by atoms with Crippen LogP contribution in [0.1, 0.15) is 31.2 Å². The number of aryl methyl sites for hydroxylation is 1. The largest absolute Gasteiger partial charge is 0.353 e. The van der Waals surface area contributed by atoms with Crippen molar-refractivity contribution in [1.29, 1.82) is 0 Å². The molecule has 1 aliphatic rings. The van der Waals surface area contributed by atoms with Gasteiger partial charge in [0.1, 0.15) is 0 Å². The Labute approximate surface area is 178 Å². The molecular formula is C22H22ClN3O2S. The standard InChI is InChI=1S/C22H22ClN3O2S/c1-14-10-11-16(12-18(14)23)26-21(28)17-8-4-5-9-19(17)25-22(26)29-13-20(27)24-15-6-2-3-7-15/h4-5,8-12,15H,2-3,6-7,13H2,1H3,(H,24,27). The van der Waals surface area contributed by atoms with Gasteiger partial charge in [-0.15, -0.1) is 0 Å². The summed E-state index contributed by atoms with van der Waals surface area (Å²) in [4.78, 5) is 30.3. The molecule has 1 fully saturated rings. The highest BCUT2D eigenvalue weighted by Gasteiger charge is 2.19. The number of rotatable bonds is 5. The fourth-order valence-electron chi connectivity index (χ4n) is 3.63. The van der Waals surface area contributed by atoms with Crippen LogP contribution in [-0.2, 0) is 4.79 Å². The molecule has 4 rings (SSSR count). The first-order valence-electron chi connectivity index (χ1n) is 9.73. The summed E-state index contributed by atoms with van der Waals surface area (Å²) in [5.41, 5.74) is 2.02. The molecule has 1 aliphatic carbocycles. The molecule has 29 heavy (non-hydrogen) atoms. The lowest BCUT2D eigenvalue weighted by Crippen LogP contribution is -2.34. The van der Waals surface area contributed by atoms with Crippen LogP contribution in [0.25, 0.3) is 16.6 Å². The van der Waals surface area contributed by atoms with E-state index in [4.69, 9.17) is 11.6 Å². The van der Waals surface area contributed by atoms with Gasteiger partial charge in [0, 0.05) is 11.1 Å². The van der Waals surface area contributed by atoms with E-state index in [-0.39, 0.29) is 23.3 Å². The van der Waals surface area contributed by atoms with E-state index in [9.17, 15) is 9.59 Å². The van der Waals surface area contributed by atoms with Crippen molar-refractivity contribution in [3.8, 4) is 5.69 Å². The minimum absolute atomic E-state index is 0.0298. The first-order chi connectivity index (χ1) is 14.0. The number of nitrogens with one attached hydrogen (secondary N) is 1. The average Bonchev–Trinajstić information content (AvgIpc) is 3.22. The summed E-state index contributed by atoms with van der Waals surface area (Å²) >= 11 is 7.57. The highest BCUT2D eigenvalue weighted by Crippen LogP contribution is 2.25. The zero-order valence-corrected chi connectivity index (χ0v) is 17.7. The minimum atomic E-state index is -0.172. The van der Waals surface area contributed by atoms with E-state index in [1.807, 2.05) is 37.3 Å². The first-order valence-corrected chi connectivity index (χ1v) is 11.1. The van der Waals surface area contributed by atoms with Gasteiger partial charge in [-0.05, 0) is 49.6 Å². The van der Waals surface area contributed by atoms with Crippen molar-refractivity contribution in [3.05, 3.63) is 63.4 Å². The van der Waals surface area contributed by atoms with Gasteiger partial charge in [0.05, 0.1) is 22.3 Å². The number of halogens is 1. The molecule has 1 heterocycles. The maximum absolute atomic E-state index is 13.2. The van der Waals surface area contributed by atoms with Gasteiger partial charge in [-0.3, -0.25) is 14.2 Å². The number of hydrogen-bond acceptors (Lipinski definition) is 4. The molecule has 1 amide bonds. The molecule has 1 saturated carbocycles. The number of aromatic nitrogens is 2. The zero-order chi connectivity index (χ0) is 20.4. The Kier molecular flexibility index (Phi) is 5.92. The third-order valence-electron chi connectivity index (χ3n) is 5.21. The smallest absolute Gasteiger partial charge is 0.266 e. The van der Waals surface area contributed by atoms with Crippen LogP contribution < -0.4 is 10.9 Å². The topological polar surface area (TPSA) is 64.0 Å². The molecule has 0 bridgehead atoms. The van der Waals surface area contributed by atoms with Crippen molar-refractivity contribution in [2.75, 3.05) is 5.75 Å². The van der Waals surface area contributed by atoms with Crippen LogP contribution in [0.15, 0.2) is 52.4 Å². The fraction of sp³-hybridized carbons (Fsp3) is 0.318. The Hall–Kier alpha value is -2.31. The van der Waals surface area contributed by atoms with Gasteiger partial charge in [-0.2, -0.15) is 0 Å². The van der Waals surface area contributed by atoms with Crippen LogP contribution in [0.2, 0.25) is 5.02 Å². The van der Waals surface area contributed by atoms with Crippen molar-refractivity contribution < 1.29 is 4.79 Å². The van der Waals surface area contributed by atoms with Gasteiger partial charge >= 0.3 is 0 Å². The molecular weight excluding hydrogens is 406 g/mol. The van der Waals surface area contributed by atoms with Gasteiger partial charge < -0.3 is 5.32 Å². The van der Waals surface area contributed by atoms with Gasteiger partial charge in [-0.1, -0.05) is 54.4 Å². The Bertz CT molecular complexity index is 1120. The summed E-state index contributed by atoms with van der Waals surface area (Å²) in [6.07, 6.45) is 4.41. The Morgan fingerprint density at radius 1 is 1.24 bits per heavy atom. The fourth-order valence-corrected chi connectivity index (χ4v) is 4.63. The van der Waals surface area contributed by atoms with Crippen molar-refractivity contribution in [2.45, 2.75) is 43.8 Å². The van der Waals surface area contributed by atoms with Crippen LogP contribution in [-0.4, -0.2) is 27.3 Å². The van der Waals surface area contributed by atoms with Gasteiger partial charge in [0.15, 0.2) is 5.16 Å². The second kappa shape index (κ2) is 8.59. The summed E-state index contributed by atoms with van der Waals surface area (Å²) < 4.78 is 1.54. The van der Waals surface area contributed by atoms with E-state index in [0.717, 1.165) is 31.2 Å². The molecule has 3 aromatic rings. The Morgan fingerprint density at radius 2 is 2.00 bits per heavy atom. The van der Waals surface area contributed by atoms with Gasteiger partial charge in [0.25, 0.3) is 5.56 Å². The molecule has 0 atom stereocenters. The number of benzene rings is 2. The number of thioether (sulfide) groups is 1. The summed E-state index contributed by atoms with van der Waals surface area (Å²) in [6, 6.07) is 13.0. The SMILES string of the molecule is Cc1ccc(-n2c(SCC(=O)NC3CCCC3)nc3ccccc3c2=O)cc1Cl. The molecule has 2 aromatic carbocycles. The molecule has 0 spiro atoms. The number of nitrogens with zero attached hydrogens (tertiary/aromatic N) is 2. The maximum atomic E-state index is 13.2. The van der Waals surface area contributed by atoms with Crippen molar-refractivity contribution in [1.82, 2.24) is 14.9 Å². The molecule has 1 N–H and O–H groups in total. The van der Waals surface area contributed by atoms with E-state index in [2.05, 4.69) is 10.3 Å². The summed E-state index contributed by atoms with van der Waals surface area (Å²) in [6.45, 7) is 1.91. The number of hydrogen-bond donors (Lipinski definition) is 1. The van der Waals surface area contributed by atoms with E-state index in [1.165, 1.54) is 11.8 Å². The van der Waals surface area contributed by atoms with E-state index < -0.39 is 0 Å². The number of para-hydroxylation sites is 1. The lowest BCUT2D eigenvalue weighted by Gasteiger charge is -2.15. The second-order valence-corrected chi connectivity index (χ2v) is 8.67. The molecule has 0 aliphatic heterocycles. The molecule has 0 saturated heterocycles. The molecule has 5 nitrogen and oxygen atoms in total. The summed E-state index contributed by atoms with van der Waals surface area (Å²) in [7, 11) is 0. The summed E-state index contributed by atoms with van der Waals surface area (Å²) in [5, 5.41) is 4.67. The van der Waals surface area contributed by atoms with Gasteiger partial charge in [0.2, 0.25) is 5.91 Å². The minimum Gasteiger partial charge on any atom is -0.353 e. The zero-order valence-electron chi connectivity index (χ0n) is 16.2. The third-order valence-corrected chi connectivity index (χ3v) is 6.56. The first kappa shape index (κ1) is 20.0. The van der Waals surface area contributed by atoms with Crippen LogP contribution in [0.3, 0.4) is 0 Å². The highest BCUT2D eigenvalue weighted by atomic mass is 35.5. The number of carbonyl (C=O) groups is 1. The predicted molar refractivity (Wildman–Crippen MR) is 118 cm³/mol. The van der Waals surface area contributed by atoms with Crippen LogP contribution >= 0.6 is 23.4 Å². The number of carbonyl (C=O) groups excluding carboxylic acids is 1. The average molecular weight is 428 g/mol. The van der Waals surface area contributed by atoms with E-state index in [0.29, 0.717) is 26.8 Å². The summed E-state index contributed by atoms with van der Waals surface area (Å²) in [5.74, 6) is 0.179. The highest BCUT2D eigenvalue weighted by molar-refractivity contribution is 7.99. The quantitative estimate of drug-likeness (QED) is 0.481. The van der Waals surface area contributed by atoms with E-state index >= 15 is 0 Å². The Morgan fingerprint density at radius 3 is 2.76 bits per heavy atom. The molecule has 7 heteroatoms. The molecule has 1 aromatic heterocycles. The van der Waals surface area contributed by atoms with Crippen LogP contribution in [0.5, 0.6) is 0 Å². The monoisotopic (exact) mass is 427 g/mol. The third kappa shape index (κ3) is 4.33. The number of fused-ring (bicyclic) bond motifs is 1. The molecule has 0 unspecified atom stereocenters. The lowest BCUT2D eigenvalue weighted by atomic mass is 10.2. The maximum Gasteiger partial charge on any atom is 0.266 e. The van der Waals surface area contributed by atoms with Crippen molar-refractivity contribution >= 4 is 40.2 Å². The molecule has 0 radical (unpaired) electrons. The predicted octanol–water partition coefficient (Wildman–Crippen LogP) is 4.50. The normalized spacial score (nSPS) is 14.4.